The molecule has 8 nitrogen and oxygen atoms in total. The molecule has 0 bridgehead atoms. The molecule has 1 aliphatic heterocycles. The van der Waals surface area contributed by atoms with Crippen LogP contribution in [0, 0.1) is 0 Å². The third-order valence-corrected chi connectivity index (χ3v) is 6.46. The largest absolute Gasteiger partial charge is 0.480 e. The average Bonchev–Trinajstić information content (AvgIpc) is 3.35. The fraction of sp³-hybridized carbons (Fsp3) is 0.400. The lowest BCUT2D eigenvalue weighted by molar-refractivity contribution is -0.148. The number of amides is 2. The fourth-order valence-corrected chi connectivity index (χ4v) is 4.76. The maximum atomic E-state index is 12.7. The second-order valence-electron chi connectivity index (χ2n) is 8.57. The highest BCUT2D eigenvalue weighted by Gasteiger charge is 2.39. The number of nitrogens with one attached hydrogen (secondary N) is 1. The van der Waals surface area contributed by atoms with E-state index in [9.17, 15) is 24.6 Å². The summed E-state index contributed by atoms with van der Waals surface area (Å²) in [7, 11) is 0. The first-order valence-electron chi connectivity index (χ1n) is 11.2. The van der Waals surface area contributed by atoms with Gasteiger partial charge < -0.3 is 25.2 Å². The Labute approximate surface area is 192 Å². The molecule has 2 aromatic carbocycles. The van der Waals surface area contributed by atoms with Gasteiger partial charge in [-0.3, -0.25) is 4.79 Å². The molecule has 3 N–H and O–H groups in total. The molecule has 0 aromatic heterocycles. The van der Waals surface area contributed by atoms with E-state index in [0.29, 0.717) is 6.42 Å². The van der Waals surface area contributed by atoms with Gasteiger partial charge in [-0.25, -0.2) is 9.59 Å². The first kappa shape index (κ1) is 22.8. The number of fused-ring (bicyclic) bond motifs is 3. The van der Waals surface area contributed by atoms with E-state index in [1.54, 1.807) is 0 Å². The number of carboxylic acids is 1. The number of rotatable bonds is 7. The molecule has 8 heteroatoms. The Morgan fingerprint density at radius 1 is 1.09 bits per heavy atom. The molecule has 1 saturated heterocycles. The summed E-state index contributed by atoms with van der Waals surface area (Å²) in [4.78, 5) is 37.7. The van der Waals surface area contributed by atoms with Gasteiger partial charge in [0.2, 0.25) is 5.91 Å². The summed E-state index contributed by atoms with van der Waals surface area (Å²) in [5.74, 6) is -1.62. The lowest BCUT2D eigenvalue weighted by Gasteiger charge is -2.24. The summed E-state index contributed by atoms with van der Waals surface area (Å²) in [6.45, 7) is 1.98. The summed E-state index contributed by atoms with van der Waals surface area (Å²) in [6, 6.07) is 14.6. The molecule has 3 atom stereocenters. The zero-order chi connectivity index (χ0) is 23.5. The maximum absolute atomic E-state index is 12.7. The van der Waals surface area contributed by atoms with Crippen LogP contribution in [-0.4, -0.2) is 64.4 Å². The van der Waals surface area contributed by atoms with Gasteiger partial charge in [0.05, 0.1) is 6.10 Å². The molecule has 0 radical (unpaired) electrons. The quantitative estimate of drug-likeness (QED) is 0.595. The molecule has 1 aliphatic carbocycles. The Balaban J connectivity index is 1.36. The molecule has 2 amide bonds. The summed E-state index contributed by atoms with van der Waals surface area (Å²) < 4.78 is 5.55. The molecule has 4 rings (SSSR count). The third kappa shape index (κ3) is 4.71. The predicted octanol–water partition coefficient (Wildman–Crippen LogP) is 2.74. The smallest absolute Gasteiger partial charge is 0.407 e. The Morgan fingerprint density at radius 3 is 2.27 bits per heavy atom. The van der Waals surface area contributed by atoms with Gasteiger partial charge in [-0.1, -0.05) is 55.5 Å². The molecule has 174 valence electrons. The van der Waals surface area contributed by atoms with Gasteiger partial charge in [0.1, 0.15) is 12.6 Å². The molecular formula is C25H28N2O6. The van der Waals surface area contributed by atoms with Crippen LogP contribution in [0.25, 0.3) is 11.1 Å². The monoisotopic (exact) mass is 452 g/mol. The number of alkyl carbamates (subject to hydrolysis) is 1. The molecule has 0 unspecified atom stereocenters. The number of benzene rings is 2. The van der Waals surface area contributed by atoms with Crippen molar-refractivity contribution in [2.45, 2.75) is 50.3 Å². The van der Waals surface area contributed by atoms with Crippen molar-refractivity contribution in [2.24, 2.45) is 0 Å². The van der Waals surface area contributed by atoms with E-state index < -0.39 is 36.2 Å². The number of aliphatic hydroxyl groups excluding tert-OH is 1. The highest BCUT2D eigenvalue weighted by atomic mass is 16.5. The predicted molar refractivity (Wildman–Crippen MR) is 121 cm³/mol. The lowest BCUT2D eigenvalue weighted by Crippen LogP contribution is -2.44. The minimum atomic E-state index is -1.14. The highest BCUT2D eigenvalue weighted by Crippen LogP contribution is 2.44. The second-order valence-corrected chi connectivity index (χ2v) is 8.57. The van der Waals surface area contributed by atoms with Crippen LogP contribution >= 0.6 is 0 Å². The van der Waals surface area contributed by atoms with Crippen LogP contribution in [-0.2, 0) is 14.3 Å². The van der Waals surface area contributed by atoms with Gasteiger partial charge in [0.15, 0.2) is 0 Å². The lowest BCUT2D eigenvalue weighted by atomic mass is 9.98. The van der Waals surface area contributed by atoms with Crippen molar-refractivity contribution in [1.82, 2.24) is 10.2 Å². The van der Waals surface area contributed by atoms with Crippen LogP contribution in [0.3, 0.4) is 0 Å². The summed E-state index contributed by atoms with van der Waals surface area (Å²) >= 11 is 0. The minimum Gasteiger partial charge on any atom is -0.480 e. The average molecular weight is 453 g/mol. The second kappa shape index (κ2) is 9.62. The Hall–Kier alpha value is -3.39. The van der Waals surface area contributed by atoms with Crippen molar-refractivity contribution >= 4 is 18.0 Å². The van der Waals surface area contributed by atoms with Crippen molar-refractivity contribution in [1.29, 1.82) is 0 Å². The number of hydrogen-bond acceptors (Lipinski definition) is 5. The number of β-amino-alcohol motifs (C(OH)–C–C–N with tert-alkyl or cyclic N) is 1. The van der Waals surface area contributed by atoms with Crippen molar-refractivity contribution in [3.05, 3.63) is 59.7 Å². The van der Waals surface area contributed by atoms with E-state index in [4.69, 9.17) is 4.74 Å². The van der Waals surface area contributed by atoms with Crippen LogP contribution in [0.4, 0.5) is 4.79 Å². The fourth-order valence-electron chi connectivity index (χ4n) is 4.76. The first-order chi connectivity index (χ1) is 15.9. The van der Waals surface area contributed by atoms with Crippen LogP contribution in [0.2, 0.25) is 0 Å². The summed E-state index contributed by atoms with van der Waals surface area (Å²) in [6.07, 6.45) is -1.04. The van der Waals surface area contributed by atoms with E-state index in [0.717, 1.165) is 22.3 Å². The third-order valence-electron chi connectivity index (χ3n) is 6.46. The normalized spacial score (nSPS) is 20.1. The number of aliphatic carboxylic acids is 1. The van der Waals surface area contributed by atoms with Crippen molar-refractivity contribution in [2.75, 3.05) is 13.2 Å². The van der Waals surface area contributed by atoms with E-state index in [1.807, 2.05) is 43.3 Å². The van der Waals surface area contributed by atoms with Crippen molar-refractivity contribution in [3.63, 3.8) is 0 Å². The van der Waals surface area contributed by atoms with Gasteiger partial charge in [0.25, 0.3) is 0 Å². The molecule has 2 aliphatic rings. The number of ether oxygens (including phenoxy) is 1. The highest BCUT2D eigenvalue weighted by molar-refractivity contribution is 5.85. The molecule has 1 heterocycles. The summed E-state index contributed by atoms with van der Waals surface area (Å²) in [5.41, 5.74) is 4.50. The first-order valence-corrected chi connectivity index (χ1v) is 11.2. The summed E-state index contributed by atoms with van der Waals surface area (Å²) in [5, 5.41) is 21.8. The van der Waals surface area contributed by atoms with E-state index in [-0.39, 0.29) is 31.9 Å². The van der Waals surface area contributed by atoms with Crippen molar-refractivity contribution in [3.8, 4) is 11.1 Å². The topological polar surface area (TPSA) is 116 Å². The van der Waals surface area contributed by atoms with Crippen LogP contribution < -0.4 is 5.32 Å². The number of carboxylic acid groups (broad SMARTS) is 1. The molecule has 2 aromatic rings. The van der Waals surface area contributed by atoms with Crippen LogP contribution in [0.1, 0.15) is 43.2 Å². The van der Waals surface area contributed by atoms with Gasteiger partial charge in [-0.15, -0.1) is 0 Å². The van der Waals surface area contributed by atoms with Gasteiger partial charge in [0, 0.05) is 31.3 Å². The van der Waals surface area contributed by atoms with E-state index in [1.165, 1.54) is 4.90 Å². The van der Waals surface area contributed by atoms with Gasteiger partial charge >= 0.3 is 12.1 Å². The molecule has 0 spiro atoms. The van der Waals surface area contributed by atoms with Crippen molar-refractivity contribution < 1.29 is 29.3 Å². The minimum absolute atomic E-state index is 0.0116. The standard InChI is InChI=1S/C25H28N2O6/c1-2-15(11-23(29)27-13-16(28)12-22(27)24(30)31)26-25(32)33-14-21-19-9-5-3-7-17(19)18-8-4-6-10-20(18)21/h3-10,15-16,21-22,28H,2,11-14H2,1H3,(H,26,32)(H,30,31)/t15-,16-,22+/m1/s1. The number of carbonyl (C=O) groups is 3. The maximum Gasteiger partial charge on any atom is 0.407 e. The Kier molecular flexibility index (Phi) is 6.65. The molecule has 1 fully saturated rings. The Bertz CT molecular complexity index is 1010. The van der Waals surface area contributed by atoms with Crippen LogP contribution in [0.5, 0.6) is 0 Å². The molecule has 33 heavy (non-hydrogen) atoms. The van der Waals surface area contributed by atoms with Gasteiger partial charge in [-0.05, 0) is 28.7 Å². The zero-order valence-corrected chi connectivity index (χ0v) is 18.4. The Morgan fingerprint density at radius 2 is 1.70 bits per heavy atom. The van der Waals surface area contributed by atoms with E-state index in [2.05, 4.69) is 17.4 Å². The molecular weight excluding hydrogens is 424 g/mol. The SMILES string of the molecule is CC[C@H](CC(=O)N1C[C@H](O)C[C@H]1C(=O)O)NC(=O)OCC1c2ccccc2-c2ccccc21. The van der Waals surface area contributed by atoms with Crippen LogP contribution in [0.15, 0.2) is 48.5 Å². The number of aliphatic hydroxyl groups is 1. The zero-order valence-electron chi connectivity index (χ0n) is 18.4. The van der Waals surface area contributed by atoms with E-state index >= 15 is 0 Å². The number of likely N-dealkylation sites (tertiary alicyclic amines) is 1. The molecule has 0 saturated carbocycles. The van der Waals surface area contributed by atoms with Gasteiger partial charge in [-0.2, -0.15) is 0 Å². The number of hydrogen-bond donors (Lipinski definition) is 3. The number of nitrogens with zero attached hydrogens (tertiary/aromatic N) is 1. The number of carbonyl (C=O) groups excluding carboxylic acids is 2.